The molecule has 0 amide bonds. The Balaban J connectivity index is 1.36. The van der Waals surface area contributed by atoms with Gasteiger partial charge in [-0.3, -0.25) is 4.79 Å². The van der Waals surface area contributed by atoms with E-state index in [0.29, 0.717) is 22.4 Å². The van der Waals surface area contributed by atoms with E-state index in [9.17, 15) is 14.4 Å². The smallest absolute Gasteiger partial charge is 0.363 e. The molecule has 1 heterocycles. The van der Waals surface area contributed by atoms with Crippen LogP contribution in [0.15, 0.2) is 89.6 Å². The second-order valence-corrected chi connectivity index (χ2v) is 7.00. The van der Waals surface area contributed by atoms with Gasteiger partial charge in [-0.05, 0) is 54.1 Å². The molecule has 0 radical (unpaired) electrons. The third-order valence-electron chi connectivity index (χ3n) is 4.67. The van der Waals surface area contributed by atoms with Gasteiger partial charge >= 0.3 is 11.9 Å². The van der Waals surface area contributed by atoms with E-state index >= 15 is 0 Å². The predicted molar refractivity (Wildman–Crippen MR) is 121 cm³/mol. The summed E-state index contributed by atoms with van der Waals surface area (Å²) in [6.07, 6.45) is 2.39. The third kappa shape index (κ3) is 5.59. The highest BCUT2D eigenvalue weighted by Crippen LogP contribution is 2.20. The number of aldehydes is 1. The molecular weight excluding hydrogens is 422 g/mol. The van der Waals surface area contributed by atoms with Gasteiger partial charge in [0.15, 0.2) is 5.70 Å². The summed E-state index contributed by atoms with van der Waals surface area (Å²) in [4.78, 5) is 39.5. The van der Waals surface area contributed by atoms with Crippen molar-refractivity contribution in [2.75, 3.05) is 13.2 Å². The van der Waals surface area contributed by atoms with Crippen molar-refractivity contribution in [3.05, 3.63) is 107 Å². The predicted octanol–water partition coefficient (Wildman–Crippen LogP) is 4.08. The minimum atomic E-state index is -0.555. The van der Waals surface area contributed by atoms with Crippen LogP contribution >= 0.6 is 0 Å². The number of carbonyl (C=O) groups is 3. The molecule has 7 nitrogen and oxygen atoms in total. The second kappa shape index (κ2) is 10.2. The fraction of sp³-hybridized carbons (Fsp3) is 0.0769. The number of rotatable bonds is 8. The maximum Gasteiger partial charge on any atom is 0.363 e. The lowest BCUT2D eigenvalue weighted by Crippen LogP contribution is -2.13. The monoisotopic (exact) mass is 441 g/mol. The standard InChI is InChI=1S/C26H19NO6/c28-17-19-9-11-22(12-10-19)31-13-14-32-25(29)21-8-4-7-20(16-21)24-27-23(26(30)33-24)15-18-5-2-1-3-6-18/h1-12,15-17H,13-14H2. The van der Waals surface area contributed by atoms with E-state index in [4.69, 9.17) is 14.2 Å². The van der Waals surface area contributed by atoms with Crippen LogP contribution in [0.5, 0.6) is 5.75 Å². The van der Waals surface area contributed by atoms with Crippen molar-refractivity contribution in [3.63, 3.8) is 0 Å². The summed E-state index contributed by atoms with van der Waals surface area (Å²) in [6, 6.07) is 22.4. The molecule has 0 spiro atoms. The molecule has 164 valence electrons. The first kappa shape index (κ1) is 21.7. The zero-order chi connectivity index (χ0) is 23.0. The first-order valence-electron chi connectivity index (χ1n) is 10.2. The molecule has 33 heavy (non-hydrogen) atoms. The SMILES string of the molecule is O=Cc1ccc(OCCOC(=O)c2cccc(C3=NC(=Cc4ccccc4)C(=O)O3)c2)cc1. The zero-order valence-corrected chi connectivity index (χ0v) is 17.5. The van der Waals surface area contributed by atoms with Crippen molar-refractivity contribution in [2.24, 2.45) is 4.99 Å². The van der Waals surface area contributed by atoms with Crippen LogP contribution in [0.4, 0.5) is 0 Å². The summed E-state index contributed by atoms with van der Waals surface area (Å²) in [5.41, 5.74) is 2.34. The molecule has 1 aliphatic heterocycles. The molecule has 0 saturated heterocycles. The number of cyclic esters (lactones) is 1. The average Bonchev–Trinajstić information content (AvgIpc) is 3.23. The number of hydrogen-bond donors (Lipinski definition) is 0. The lowest BCUT2D eigenvalue weighted by molar-refractivity contribution is -0.129. The molecule has 0 atom stereocenters. The van der Waals surface area contributed by atoms with Crippen LogP contribution in [0, 0.1) is 0 Å². The highest BCUT2D eigenvalue weighted by atomic mass is 16.6. The molecule has 0 bridgehead atoms. The van der Waals surface area contributed by atoms with Crippen LogP contribution in [0.25, 0.3) is 6.08 Å². The number of nitrogens with zero attached hydrogens (tertiary/aromatic N) is 1. The number of aliphatic imine (C=N–C) groups is 1. The van der Waals surface area contributed by atoms with Gasteiger partial charge in [0.2, 0.25) is 5.90 Å². The minimum Gasteiger partial charge on any atom is -0.490 e. The van der Waals surface area contributed by atoms with Gasteiger partial charge in [-0.1, -0.05) is 36.4 Å². The molecule has 0 N–H and O–H groups in total. The van der Waals surface area contributed by atoms with Crippen LogP contribution in [-0.4, -0.2) is 37.3 Å². The Bertz CT molecular complexity index is 1230. The van der Waals surface area contributed by atoms with Crippen molar-refractivity contribution in [2.45, 2.75) is 0 Å². The van der Waals surface area contributed by atoms with Gasteiger partial charge in [-0.15, -0.1) is 0 Å². The highest BCUT2D eigenvalue weighted by molar-refractivity contribution is 6.13. The highest BCUT2D eigenvalue weighted by Gasteiger charge is 2.24. The Morgan fingerprint density at radius 1 is 0.909 bits per heavy atom. The Hall–Kier alpha value is -4.52. The van der Waals surface area contributed by atoms with E-state index in [-0.39, 0.29) is 24.8 Å². The minimum absolute atomic E-state index is 0.0401. The number of carbonyl (C=O) groups excluding carboxylic acids is 3. The molecule has 0 unspecified atom stereocenters. The quantitative estimate of drug-likeness (QED) is 0.226. The molecule has 0 aromatic heterocycles. The molecular formula is C26H19NO6. The van der Waals surface area contributed by atoms with E-state index in [1.807, 2.05) is 30.3 Å². The first-order chi connectivity index (χ1) is 16.1. The second-order valence-electron chi connectivity index (χ2n) is 7.00. The van der Waals surface area contributed by atoms with Crippen LogP contribution in [0.3, 0.4) is 0 Å². The summed E-state index contributed by atoms with van der Waals surface area (Å²) >= 11 is 0. The van der Waals surface area contributed by atoms with Gasteiger partial charge < -0.3 is 14.2 Å². The molecule has 7 heteroatoms. The van der Waals surface area contributed by atoms with Crippen molar-refractivity contribution >= 4 is 30.2 Å². The van der Waals surface area contributed by atoms with Crippen LogP contribution in [0.1, 0.15) is 31.8 Å². The molecule has 0 fully saturated rings. The van der Waals surface area contributed by atoms with Crippen molar-refractivity contribution in [1.29, 1.82) is 0 Å². The van der Waals surface area contributed by atoms with E-state index in [1.54, 1.807) is 54.6 Å². The van der Waals surface area contributed by atoms with Crippen molar-refractivity contribution in [1.82, 2.24) is 0 Å². The van der Waals surface area contributed by atoms with Gasteiger partial charge in [-0.25, -0.2) is 14.6 Å². The molecule has 0 saturated carbocycles. The summed E-state index contributed by atoms with van der Waals surface area (Å²) in [6.45, 7) is 0.197. The zero-order valence-electron chi connectivity index (χ0n) is 17.5. The Labute approximate surface area is 189 Å². The van der Waals surface area contributed by atoms with Gasteiger partial charge in [0.25, 0.3) is 0 Å². The summed E-state index contributed by atoms with van der Waals surface area (Å²) in [7, 11) is 0. The Kier molecular flexibility index (Phi) is 6.70. The molecule has 4 rings (SSSR count). The summed E-state index contributed by atoms with van der Waals surface area (Å²) in [5, 5.41) is 0. The average molecular weight is 441 g/mol. The maximum atomic E-state index is 12.4. The normalized spacial score (nSPS) is 13.9. The topological polar surface area (TPSA) is 91.3 Å². The fourth-order valence-corrected chi connectivity index (χ4v) is 3.04. The molecule has 0 aliphatic carbocycles. The molecule has 3 aromatic carbocycles. The van der Waals surface area contributed by atoms with Gasteiger partial charge in [0.1, 0.15) is 25.2 Å². The number of ether oxygens (including phenoxy) is 3. The number of hydrogen-bond acceptors (Lipinski definition) is 7. The number of esters is 2. The fourth-order valence-electron chi connectivity index (χ4n) is 3.04. The van der Waals surface area contributed by atoms with E-state index in [2.05, 4.69) is 4.99 Å². The third-order valence-corrected chi connectivity index (χ3v) is 4.67. The van der Waals surface area contributed by atoms with Crippen molar-refractivity contribution < 1.29 is 28.6 Å². The van der Waals surface area contributed by atoms with E-state index in [1.165, 1.54) is 0 Å². The Morgan fingerprint density at radius 2 is 1.70 bits per heavy atom. The summed E-state index contributed by atoms with van der Waals surface area (Å²) in [5.74, 6) is -0.403. The van der Waals surface area contributed by atoms with Crippen LogP contribution in [0.2, 0.25) is 0 Å². The van der Waals surface area contributed by atoms with Gasteiger partial charge in [0, 0.05) is 11.1 Å². The van der Waals surface area contributed by atoms with Crippen LogP contribution in [-0.2, 0) is 14.3 Å². The maximum absolute atomic E-state index is 12.4. The largest absolute Gasteiger partial charge is 0.490 e. The number of benzene rings is 3. The first-order valence-corrected chi connectivity index (χ1v) is 10.2. The molecule has 3 aromatic rings. The summed E-state index contributed by atoms with van der Waals surface area (Å²) < 4.78 is 16.0. The van der Waals surface area contributed by atoms with Gasteiger partial charge in [-0.2, -0.15) is 0 Å². The van der Waals surface area contributed by atoms with E-state index in [0.717, 1.165) is 11.8 Å². The van der Waals surface area contributed by atoms with E-state index < -0.39 is 11.9 Å². The van der Waals surface area contributed by atoms with Crippen molar-refractivity contribution in [3.8, 4) is 5.75 Å². The Morgan fingerprint density at radius 3 is 2.45 bits per heavy atom. The lowest BCUT2D eigenvalue weighted by Gasteiger charge is -2.08. The van der Waals surface area contributed by atoms with Gasteiger partial charge in [0.05, 0.1) is 5.56 Å². The van der Waals surface area contributed by atoms with Crippen LogP contribution < -0.4 is 4.74 Å². The lowest BCUT2D eigenvalue weighted by atomic mass is 10.1. The molecule has 1 aliphatic rings.